The van der Waals surface area contributed by atoms with Gasteiger partial charge in [-0.3, -0.25) is 4.79 Å². The molecule has 1 aliphatic rings. The van der Waals surface area contributed by atoms with Crippen molar-refractivity contribution in [2.45, 2.75) is 39.0 Å². The van der Waals surface area contributed by atoms with Gasteiger partial charge < -0.3 is 0 Å². The predicted octanol–water partition coefficient (Wildman–Crippen LogP) is 3.30. The highest BCUT2D eigenvalue weighted by atomic mass is 16.1. The van der Waals surface area contributed by atoms with Gasteiger partial charge in [0.15, 0.2) is 0 Å². The van der Waals surface area contributed by atoms with Crippen molar-refractivity contribution in [2.75, 3.05) is 0 Å². The van der Waals surface area contributed by atoms with Crippen molar-refractivity contribution in [1.82, 2.24) is 0 Å². The molecule has 1 aromatic rings. The fourth-order valence-electron chi connectivity index (χ4n) is 2.14. The molecule has 2 rings (SSSR count). The summed E-state index contributed by atoms with van der Waals surface area (Å²) in [6, 6.07) is 8.26. The fraction of sp³-hybridized carbons (Fsp3) is 0.500. The maximum absolute atomic E-state index is 11.7. The lowest BCUT2D eigenvalue weighted by atomic mass is 9.81. The molecule has 1 nitrogen and oxygen atoms in total. The van der Waals surface area contributed by atoms with Gasteiger partial charge in [0.05, 0.1) is 0 Å². The van der Waals surface area contributed by atoms with Gasteiger partial charge in [0.25, 0.3) is 0 Å². The molecule has 15 heavy (non-hydrogen) atoms. The van der Waals surface area contributed by atoms with Crippen LogP contribution < -0.4 is 0 Å². The Labute approximate surface area is 91.5 Å². The van der Waals surface area contributed by atoms with Crippen LogP contribution in [0.2, 0.25) is 0 Å². The topological polar surface area (TPSA) is 17.1 Å². The molecule has 80 valence electrons. The van der Waals surface area contributed by atoms with Crippen molar-refractivity contribution in [3.8, 4) is 0 Å². The third-order valence-electron chi connectivity index (χ3n) is 3.22. The second-order valence-electron chi connectivity index (χ2n) is 4.71. The van der Waals surface area contributed by atoms with Crippen LogP contribution >= 0.6 is 0 Å². The first kappa shape index (κ1) is 10.4. The lowest BCUT2D eigenvalue weighted by Gasteiger charge is -2.24. The molecular formula is C14H18O. The van der Waals surface area contributed by atoms with Crippen molar-refractivity contribution in [1.29, 1.82) is 0 Å². The van der Waals surface area contributed by atoms with Gasteiger partial charge in [-0.25, -0.2) is 0 Å². The van der Waals surface area contributed by atoms with Crippen molar-refractivity contribution >= 4 is 5.78 Å². The molecule has 0 spiro atoms. The summed E-state index contributed by atoms with van der Waals surface area (Å²) in [5.41, 5.74) is 2.41. The summed E-state index contributed by atoms with van der Waals surface area (Å²) in [5.74, 6) is 1.10. The van der Waals surface area contributed by atoms with E-state index in [1.165, 1.54) is 30.4 Å². The molecule has 1 fully saturated rings. The van der Waals surface area contributed by atoms with Crippen molar-refractivity contribution in [3.63, 3.8) is 0 Å². The number of Topliss-reactive ketones (excluding diaryl/α,β-unsaturated/α-hetero) is 1. The van der Waals surface area contributed by atoms with Gasteiger partial charge >= 0.3 is 0 Å². The monoisotopic (exact) mass is 202 g/mol. The van der Waals surface area contributed by atoms with Crippen LogP contribution in [-0.4, -0.2) is 5.78 Å². The van der Waals surface area contributed by atoms with Crippen LogP contribution in [0.4, 0.5) is 0 Å². The van der Waals surface area contributed by atoms with E-state index >= 15 is 0 Å². The Hall–Kier alpha value is -1.11. The van der Waals surface area contributed by atoms with Gasteiger partial charge in [-0.15, -0.1) is 0 Å². The average molecular weight is 202 g/mol. The molecule has 0 unspecified atom stereocenters. The quantitative estimate of drug-likeness (QED) is 0.732. The van der Waals surface area contributed by atoms with Gasteiger partial charge in [-0.2, -0.15) is 0 Å². The summed E-state index contributed by atoms with van der Waals surface area (Å²) in [5, 5.41) is 0. The smallest absolute Gasteiger partial charge is 0.137 e. The molecule has 0 radical (unpaired) electrons. The molecule has 0 heterocycles. The van der Waals surface area contributed by atoms with E-state index in [9.17, 15) is 4.79 Å². The van der Waals surface area contributed by atoms with Crippen molar-refractivity contribution < 1.29 is 4.79 Å². The standard InChI is InChI=1S/C14H18O/c1-11-4-2-7-13(8-11)10-14(15)9-12-5-3-6-12/h2,4,7-8,12H,3,5-6,9-10H2,1H3. The van der Waals surface area contributed by atoms with Crippen LogP contribution in [0.1, 0.15) is 36.8 Å². The average Bonchev–Trinajstić information content (AvgIpc) is 2.11. The molecule has 0 atom stereocenters. The highest BCUT2D eigenvalue weighted by Gasteiger charge is 2.20. The second kappa shape index (κ2) is 4.61. The number of carbonyl (C=O) groups is 1. The van der Waals surface area contributed by atoms with Gasteiger partial charge in [-0.1, -0.05) is 49.1 Å². The Morgan fingerprint density at radius 1 is 1.40 bits per heavy atom. The third-order valence-corrected chi connectivity index (χ3v) is 3.22. The van der Waals surface area contributed by atoms with E-state index in [1.54, 1.807) is 0 Å². The molecule has 0 aromatic heterocycles. The highest BCUT2D eigenvalue weighted by molar-refractivity contribution is 5.81. The lowest BCUT2D eigenvalue weighted by molar-refractivity contribution is -0.119. The zero-order valence-corrected chi connectivity index (χ0v) is 9.33. The summed E-state index contributed by atoms with van der Waals surface area (Å²) < 4.78 is 0. The van der Waals surface area contributed by atoms with Crippen LogP contribution in [0.5, 0.6) is 0 Å². The maximum Gasteiger partial charge on any atom is 0.137 e. The Balaban J connectivity index is 1.87. The Bertz CT molecular complexity index is 350. The van der Waals surface area contributed by atoms with Crippen LogP contribution in [-0.2, 0) is 11.2 Å². The number of aryl methyl sites for hydroxylation is 1. The SMILES string of the molecule is Cc1cccc(CC(=O)CC2CCC2)c1. The number of ketones is 1. The maximum atomic E-state index is 11.7. The zero-order chi connectivity index (χ0) is 10.7. The number of hydrogen-bond acceptors (Lipinski definition) is 1. The summed E-state index contributed by atoms with van der Waals surface area (Å²) in [6.07, 6.45) is 5.27. The molecule has 1 heteroatoms. The first-order valence-electron chi connectivity index (χ1n) is 5.81. The van der Waals surface area contributed by atoms with E-state index in [1.807, 2.05) is 12.1 Å². The van der Waals surface area contributed by atoms with Gasteiger partial charge in [0, 0.05) is 12.8 Å². The fourth-order valence-corrected chi connectivity index (χ4v) is 2.14. The molecule has 1 saturated carbocycles. The predicted molar refractivity (Wildman–Crippen MR) is 61.8 cm³/mol. The summed E-state index contributed by atoms with van der Waals surface area (Å²) in [6.45, 7) is 2.07. The molecule has 1 aromatic carbocycles. The summed E-state index contributed by atoms with van der Waals surface area (Å²) >= 11 is 0. The molecule has 0 saturated heterocycles. The van der Waals surface area contributed by atoms with Gasteiger partial charge in [-0.05, 0) is 18.4 Å². The molecular weight excluding hydrogens is 184 g/mol. The Morgan fingerprint density at radius 2 is 2.20 bits per heavy atom. The number of rotatable bonds is 4. The van der Waals surface area contributed by atoms with Crippen LogP contribution in [0.15, 0.2) is 24.3 Å². The normalized spacial score (nSPS) is 16.1. The van der Waals surface area contributed by atoms with E-state index in [0.29, 0.717) is 18.1 Å². The largest absolute Gasteiger partial charge is 0.299 e. The molecule has 0 N–H and O–H groups in total. The first-order valence-corrected chi connectivity index (χ1v) is 5.81. The molecule has 0 aliphatic heterocycles. The van der Waals surface area contributed by atoms with Crippen molar-refractivity contribution in [2.24, 2.45) is 5.92 Å². The van der Waals surface area contributed by atoms with E-state index in [-0.39, 0.29) is 0 Å². The number of carbonyl (C=O) groups excluding carboxylic acids is 1. The van der Waals surface area contributed by atoms with Crippen LogP contribution in [0.25, 0.3) is 0 Å². The van der Waals surface area contributed by atoms with E-state index in [0.717, 1.165) is 6.42 Å². The highest BCUT2D eigenvalue weighted by Crippen LogP contribution is 2.29. The minimum atomic E-state index is 0.408. The van der Waals surface area contributed by atoms with Crippen molar-refractivity contribution in [3.05, 3.63) is 35.4 Å². The van der Waals surface area contributed by atoms with E-state index < -0.39 is 0 Å². The Morgan fingerprint density at radius 3 is 2.80 bits per heavy atom. The third kappa shape index (κ3) is 2.92. The van der Waals surface area contributed by atoms with Crippen LogP contribution in [0, 0.1) is 12.8 Å². The lowest BCUT2D eigenvalue weighted by Crippen LogP contribution is -2.17. The minimum Gasteiger partial charge on any atom is -0.299 e. The molecule has 0 bridgehead atoms. The van der Waals surface area contributed by atoms with Gasteiger partial charge in [0.2, 0.25) is 0 Å². The molecule has 1 aliphatic carbocycles. The number of hydrogen-bond donors (Lipinski definition) is 0. The minimum absolute atomic E-state index is 0.408. The molecule has 0 amide bonds. The summed E-state index contributed by atoms with van der Waals surface area (Å²) in [7, 11) is 0. The summed E-state index contributed by atoms with van der Waals surface area (Å²) in [4.78, 5) is 11.7. The zero-order valence-electron chi connectivity index (χ0n) is 9.33. The van der Waals surface area contributed by atoms with E-state index in [4.69, 9.17) is 0 Å². The van der Waals surface area contributed by atoms with E-state index in [2.05, 4.69) is 19.1 Å². The number of benzene rings is 1. The first-order chi connectivity index (χ1) is 7.24. The second-order valence-corrected chi connectivity index (χ2v) is 4.71. The van der Waals surface area contributed by atoms with Crippen LogP contribution in [0.3, 0.4) is 0 Å². The Kier molecular flexibility index (Phi) is 3.20. The van der Waals surface area contributed by atoms with Gasteiger partial charge in [0.1, 0.15) is 5.78 Å².